The number of carbonyl (C=O) groups excluding carboxylic acids is 1. The van der Waals surface area contributed by atoms with E-state index in [1.165, 1.54) is 13.3 Å². The number of rotatable bonds is 5. The monoisotopic (exact) mass is 289 g/mol. The highest BCUT2D eigenvalue weighted by atomic mass is 32.2. The average Bonchev–Trinajstić information content (AvgIpc) is 2.53. The third-order valence-corrected chi connectivity index (χ3v) is 3.74. The van der Waals surface area contributed by atoms with Gasteiger partial charge < -0.3 is 9.84 Å². The van der Waals surface area contributed by atoms with Crippen LogP contribution in [0.3, 0.4) is 0 Å². The van der Waals surface area contributed by atoms with Gasteiger partial charge in [0.25, 0.3) is 0 Å². The van der Waals surface area contributed by atoms with Gasteiger partial charge >= 0.3 is 5.97 Å². The molecule has 0 amide bonds. The van der Waals surface area contributed by atoms with Gasteiger partial charge in [0.2, 0.25) is 0 Å². The SMILES string of the molecule is COC(=O)c1ccc(CSc2cccc(CO)c2)nc1. The molecular weight excluding hydrogens is 274 g/mol. The van der Waals surface area contributed by atoms with Crippen molar-refractivity contribution >= 4 is 17.7 Å². The summed E-state index contributed by atoms with van der Waals surface area (Å²) in [4.78, 5) is 16.6. The Morgan fingerprint density at radius 1 is 1.35 bits per heavy atom. The maximum absolute atomic E-state index is 11.3. The Kier molecular flexibility index (Phi) is 5.15. The predicted molar refractivity (Wildman–Crippen MR) is 77.5 cm³/mol. The van der Waals surface area contributed by atoms with E-state index in [2.05, 4.69) is 9.72 Å². The molecular formula is C15H15NO3S. The predicted octanol–water partition coefficient (Wildman–Crippen LogP) is 2.65. The van der Waals surface area contributed by atoms with E-state index in [-0.39, 0.29) is 12.6 Å². The van der Waals surface area contributed by atoms with Crippen LogP contribution in [0.2, 0.25) is 0 Å². The van der Waals surface area contributed by atoms with Crippen LogP contribution < -0.4 is 0 Å². The van der Waals surface area contributed by atoms with Crippen molar-refractivity contribution in [1.82, 2.24) is 4.98 Å². The number of methoxy groups -OCH3 is 1. The molecule has 5 heteroatoms. The first-order valence-corrected chi connectivity index (χ1v) is 7.07. The highest BCUT2D eigenvalue weighted by Gasteiger charge is 2.05. The molecule has 0 spiro atoms. The number of aromatic nitrogens is 1. The average molecular weight is 289 g/mol. The van der Waals surface area contributed by atoms with Crippen molar-refractivity contribution in [2.24, 2.45) is 0 Å². The lowest BCUT2D eigenvalue weighted by atomic mass is 10.2. The number of aliphatic hydroxyl groups is 1. The Balaban J connectivity index is 1.98. The molecule has 2 rings (SSSR count). The van der Waals surface area contributed by atoms with E-state index in [4.69, 9.17) is 5.11 Å². The second kappa shape index (κ2) is 7.07. The molecule has 0 bridgehead atoms. The summed E-state index contributed by atoms with van der Waals surface area (Å²) in [6, 6.07) is 11.3. The summed E-state index contributed by atoms with van der Waals surface area (Å²) < 4.78 is 4.62. The largest absolute Gasteiger partial charge is 0.465 e. The van der Waals surface area contributed by atoms with Crippen molar-refractivity contribution in [2.75, 3.05) is 7.11 Å². The van der Waals surface area contributed by atoms with Crippen LogP contribution in [0.15, 0.2) is 47.5 Å². The molecule has 0 saturated heterocycles. The minimum Gasteiger partial charge on any atom is -0.465 e. The van der Waals surface area contributed by atoms with Crippen LogP contribution in [-0.4, -0.2) is 23.2 Å². The van der Waals surface area contributed by atoms with Crippen molar-refractivity contribution in [3.05, 3.63) is 59.4 Å². The molecule has 4 nitrogen and oxygen atoms in total. The summed E-state index contributed by atoms with van der Waals surface area (Å²) in [6.45, 7) is 0.0421. The third kappa shape index (κ3) is 3.82. The fourth-order valence-electron chi connectivity index (χ4n) is 1.64. The van der Waals surface area contributed by atoms with E-state index in [0.717, 1.165) is 16.2 Å². The van der Waals surface area contributed by atoms with E-state index >= 15 is 0 Å². The van der Waals surface area contributed by atoms with Gasteiger partial charge in [-0.1, -0.05) is 12.1 Å². The second-order valence-corrected chi connectivity index (χ2v) is 5.17. The molecule has 0 aliphatic rings. The van der Waals surface area contributed by atoms with Gasteiger partial charge in [-0.2, -0.15) is 0 Å². The Hall–Kier alpha value is -1.85. The Morgan fingerprint density at radius 2 is 2.20 bits per heavy atom. The van der Waals surface area contributed by atoms with Crippen molar-refractivity contribution in [2.45, 2.75) is 17.3 Å². The van der Waals surface area contributed by atoms with Gasteiger partial charge in [-0.15, -0.1) is 11.8 Å². The number of thioether (sulfide) groups is 1. The smallest absolute Gasteiger partial charge is 0.339 e. The topological polar surface area (TPSA) is 59.4 Å². The molecule has 20 heavy (non-hydrogen) atoms. The lowest BCUT2D eigenvalue weighted by molar-refractivity contribution is 0.0600. The van der Waals surface area contributed by atoms with Gasteiger partial charge in [0.05, 0.1) is 25.0 Å². The first kappa shape index (κ1) is 14.6. The normalized spacial score (nSPS) is 10.3. The molecule has 1 heterocycles. The molecule has 1 N–H and O–H groups in total. The summed E-state index contributed by atoms with van der Waals surface area (Å²) in [6.07, 6.45) is 1.52. The molecule has 0 atom stereocenters. The summed E-state index contributed by atoms with van der Waals surface area (Å²) in [5.41, 5.74) is 2.23. The molecule has 0 saturated carbocycles. The van der Waals surface area contributed by atoms with Crippen molar-refractivity contribution in [3.63, 3.8) is 0 Å². The summed E-state index contributed by atoms with van der Waals surface area (Å²) in [7, 11) is 1.35. The van der Waals surface area contributed by atoms with E-state index < -0.39 is 0 Å². The minimum absolute atomic E-state index is 0.0421. The maximum atomic E-state index is 11.3. The molecule has 104 valence electrons. The Morgan fingerprint density at radius 3 is 2.85 bits per heavy atom. The highest BCUT2D eigenvalue weighted by Crippen LogP contribution is 2.23. The number of pyridine rings is 1. The number of carbonyl (C=O) groups is 1. The van der Waals surface area contributed by atoms with Crippen LogP contribution >= 0.6 is 11.8 Å². The maximum Gasteiger partial charge on any atom is 0.339 e. The van der Waals surface area contributed by atoms with Gasteiger partial charge in [0.15, 0.2) is 0 Å². The van der Waals surface area contributed by atoms with Gasteiger partial charge in [-0.3, -0.25) is 4.98 Å². The van der Waals surface area contributed by atoms with E-state index in [1.807, 2.05) is 30.3 Å². The lowest BCUT2D eigenvalue weighted by Gasteiger charge is -2.04. The molecule has 1 aromatic carbocycles. The van der Waals surface area contributed by atoms with Crippen LogP contribution in [0.4, 0.5) is 0 Å². The van der Waals surface area contributed by atoms with Crippen LogP contribution in [-0.2, 0) is 17.1 Å². The first-order valence-electron chi connectivity index (χ1n) is 6.09. The van der Waals surface area contributed by atoms with Crippen molar-refractivity contribution in [1.29, 1.82) is 0 Å². The van der Waals surface area contributed by atoms with Gasteiger partial charge in [-0.25, -0.2) is 4.79 Å². The molecule has 0 aliphatic carbocycles. The van der Waals surface area contributed by atoms with Crippen molar-refractivity contribution in [3.8, 4) is 0 Å². The van der Waals surface area contributed by atoms with Crippen LogP contribution in [0, 0.1) is 0 Å². The molecule has 1 aromatic heterocycles. The Labute approximate surface area is 121 Å². The zero-order valence-electron chi connectivity index (χ0n) is 11.1. The highest BCUT2D eigenvalue weighted by molar-refractivity contribution is 7.98. The minimum atomic E-state index is -0.382. The molecule has 0 fully saturated rings. The Bertz CT molecular complexity index is 584. The van der Waals surface area contributed by atoms with Gasteiger partial charge in [0.1, 0.15) is 0 Å². The zero-order valence-corrected chi connectivity index (χ0v) is 11.9. The van der Waals surface area contributed by atoms with Gasteiger partial charge in [0, 0.05) is 16.8 Å². The first-order chi connectivity index (χ1) is 9.72. The number of esters is 1. The van der Waals surface area contributed by atoms with E-state index in [1.54, 1.807) is 17.8 Å². The summed E-state index contributed by atoms with van der Waals surface area (Å²) in [5, 5.41) is 9.09. The number of ether oxygens (including phenoxy) is 1. The second-order valence-electron chi connectivity index (χ2n) is 4.12. The quantitative estimate of drug-likeness (QED) is 0.677. The van der Waals surface area contributed by atoms with Crippen LogP contribution in [0.5, 0.6) is 0 Å². The van der Waals surface area contributed by atoms with E-state index in [9.17, 15) is 4.79 Å². The number of hydrogen-bond donors (Lipinski definition) is 1. The number of nitrogens with zero attached hydrogens (tertiary/aromatic N) is 1. The number of aliphatic hydroxyl groups excluding tert-OH is 1. The summed E-state index contributed by atoms with van der Waals surface area (Å²) >= 11 is 1.63. The van der Waals surface area contributed by atoms with Crippen LogP contribution in [0.25, 0.3) is 0 Å². The lowest BCUT2D eigenvalue weighted by Crippen LogP contribution is -2.02. The van der Waals surface area contributed by atoms with Crippen LogP contribution in [0.1, 0.15) is 21.6 Å². The van der Waals surface area contributed by atoms with Gasteiger partial charge in [-0.05, 0) is 29.8 Å². The number of benzene rings is 1. The standard InChI is InChI=1S/C15H15NO3S/c1-19-15(18)12-5-6-13(16-8-12)10-20-14-4-2-3-11(7-14)9-17/h2-8,17H,9-10H2,1H3. The molecule has 0 aliphatic heterocycles. The molecule has 2 aromatic rings. The fraction of sp³-hybridized carbons (Fsp3) is 0.200. The zero-order chi connectivity index (χ0) is 14.4. The molecule has 0 radical (unpaired) electrons. The van der Waals surface area contributed by atoms with Crippen molar-refractivity contribution < 1.29 is 14.6 Å². The fourth-order valence-corrected chi connectivity index (χ4v) is 2.53. The van der Waals surface area contributed by atoms with E-state index in [0.29, 0.717) is 11.3 Å². The molecule has 0 unspecified atom stereocenters. The summed E-state index contributed by atoms with van der Waals surface area (Å²) in [5.74, 6) is 0.323. The number of hydrogen-bond acceptors (Lipinski definition) is 5. The third-order valence-electron chi connectivity index (χ3n) is 2.71.